The Bertz CT molecular complexity index is 881. The Morgan fingerprint density at radius 2 is 1.84 bits per heavy atom. The highest BCUT2D eigenvalue weighted by atomic mass is 19.1. The summed E-state index contributed by atoms with van der Waals surface area (Å²) in [6.07, 6.45) is 4.93. The van der Waals surface area contributed by atoms with E-state index in [9.17, 15) is 14.3 Å². The van der Waals surface area contributed by atoms with Gasteiger partial charge in [-0.1, -0.05) is 12.1 Å². The van der Waals surface area contributed by atoms with Crippen molar-refractivity contribution < 1.29 is 14.3 Å². The minimum absolute atomic E-state index is 0.0657. The van der Waals surface area contributed by atoms with Gasteiger partial charge < -0.3 is 20.2 Å². The summed E-state index contributed by atoms with van der Waals surface area (Å²) >= 11 is 0. The van der Waals surface area contributed by atoms with E-state index in [1.165, 1.54) is 6.07 Å². The van der Waals surface area contributed by atoms with Crippen molar-refractivity contribution in [1.82, 2.24) is 10.2 Å². The summed E-state index contributed by atoms with van der Waals surface area (Å²) in [7, 11) is 0. The molecule has 2 aliphatic heterocycles. The van der Waals surface area contributed by atoms with E-state index in [2.05, 4.69) is 22.3 Å². The van der Waals surface area contributed by atoms with Gasteiger partial charge in [0, 0.05) is 50.1 Å². The topological polar surface area (TPSA) is 55.8 Å². The first-order valence-corrected chi connectivity index (χ1v) is 11.9. The van der Waals surface area contributed by atoms with E-state index in [4.69, 9.17) is 0 Å². The van der Waals surface area contributed by atoms with Crippen LogP contribution in [0, 0.1) is 11.7 Å². The quantitative estimate of drug-likeness (QED) is 0.694. The largest absolute Gasteiger partial charge is 0.396 e. The van der Waals surface area contributed by atoms with Gasteiger partial charge in [0.25, 0.3) is 5.91 Å². The minimum atomic E-state index is -0.172. The second-order valence-corrected chi connectivity index (χ2v) is 9.08. The van der Waals surface area contributed by atoms with Crippen LogP contribution in [-0.4, -0.2) is 61.3 Å². The lowest BCUT2D eigenvalue weighted by Gasteiger charge is -2.34. The van der Waals surface area contributed by atoms with Crippen LogP contribution in [-0.2, 0) is 6.42 Å². The lowest BCUT2D eigenvalue weighted by atomic mass is 9.98. The van der Waals surface area contributed by atoms with E-state index in [1.807, 2.05) is 23.1 Å². The minimum Gasteiger partial charge on any atom is -0.396 e. The van der Waals surface area contributed by atoms with Crippen molar-refractivity contribution in [3.8, 4) is 0 Å². The van der Waals surface area contributed by atoms with Gasteiger partial charge in [0.05, 0.1) is 0 Å². The summed E-state index contributed by atoms with van der Waals surface area (Å²) in [5.41, 5.74) is 2.91. The second-order valence-electron chi connectivity index (χ2n) is 9.08. The molecule has 0 unspecified atom stereocenters. The molecule has 2 aromatic rings. The van der Waals surface area contributed by atoms with E-state index in [0.29, 0.717) is 12.6 Å². The fourth-order valence-corrected chi connectivity index (χ4v) is 4.85. The zero-order chi connectivity index (χ0) is 22.3. The SMILES string of the molecule is O=C(c1ccc(N2CCC(NCCc3cccc(F)c3)CC2)cc1)N1CCC[C@@H](CO)C1. The Kier molecular flexibility index (Phi) is 7.76. The van der Waals surface area contributed by atoms with E-state index >= 15 is 0 Å². The number of likely N-dealkylation sites (tertiary alicyclic amines) is 1. The van der Waals surface area contributed by atoms with Gasteiger partial charge in [0.2, 0.25) is 0 Å². The number of hydrogen-bond donors (Lipinski definition) is 2. The molecule has 6 heteroatoms. The van der Waals surface area contributed by atoms with Crippen LogP contribution < -0.4 is 10.2 Å². The number of benzene rings is 2. The molecule has 2 aromatic carbocycles. The number of amides is 1. The predicted octanol–water partition coefficient (Wildman–Crippen LogP) is 3.47. The zero-order valence-electron chi connectivity index (χ0n) is 18.7. The van der Waals surface area contributed by atoms with Gasteiger partial charge in [-0.3, -0.25) is 4.79 Å². The molecule has 0 spiro atoms. The van der Waals surface area contributed by atoms with Crippen LogP contribution in [0.4, 0.5) is 10.1 Å². The number of piperidine rings is 2. The number of aliphatic hydroxyl groups excluding tert-OH is 1. The number of halogens is 1. The van der Waals surface area contributed by atoms with Crippen molar-refractivity contribution in [2.45, 2.75) is 38.1 Å². The highest BCUT2D eigenvalue weighted by Crippen LogP contribution is 2.23. The number of nitrogens with one attached hydrogen (secondary N) is 1. The number of rotatable bonds is 7. The highest BCUT2D eigenvalue weighted by molar-refractivity contribution is 5.94. The Morgan fingerprint density at radius 1 is 1.06 bits per heavy atom. The van der Waals surface area contributed by atoms with Crippen LogP contribution in [0.25, 0.3) is 0 Å². The molecule has 1 amide bonds. The molecule has 0 radical (unpaired) electrons. The van der Waals surface area contributed by atoms with Gasteiger partial charge >= 0.3 is 0 Å². The first-order valence-electron chi connectivity index (χ1n) is 11.9. The maximum absolute atomic E-state index is 13.3. The van der Waals surface area contributed by atoms with Crippen molar-refractivity contribution in [2.24, 2.45) is 5.92 Å². The number of hydrogen-bond acceptors (Lipinski definition) is 4. The maximum atomic E-state index is 13.3. The molecule has 2 N–H and O–H groups in total. The molecule has 0 aromatic heterocycles. The van der Waals surface area contributed by atoms with Gasteiger partial charge in [-0.05, 0) is 86.5 Å². The first kappa shape index (κ1) is 22.7. The molecule has 0 aliphatic carbocycles. The van der Waals surface area contributed by atoms with E-state index in [1.54, 1.807) is 12.1 Å². The predicted molar refractivity (Wildman–Crippen MR) is 125 cm³/mol. The summed E-state index contributed by atoms with van der Waals surface area (Å²) in [6.45, 7) is 4.40. The fourth-order valence-electron chi connectivity index (χ4n) is 4.85. The Morgan fingerprint density at radius 3 is 2.56 bits per heavy atom. The van der Waals surface area contributed by atoms with Gasteiger partial charge in [-0.15, -0.1) is 0 Å². The summed E-state index contributed by atoms with van der Waals surface area (Å²) in [5, 5.41) is 13.0. The Balaban J connectivity index is 1.23. The van der Waals surface area contributed by atoms with Crippen molar-refractivity contribution in [2.75, 3.05) is 44.2 Å². The van der Waals surface area contributed by atoms with E-state index in [-0.39, 0.29) is 24.2 Å². The number of carbonyl (C=O) groups excluding carboxylic acids is 1. The van der Waals surface area contributed by atoms with Crippen LogP contribution in [0.5, 0.6) is 0 Å². The molecule has 2 aliphatic rings. The zero-order valence-corrected chi connectivity index (χ0v) is 18.7. The monoisotopic (exact) mass is 439 g/mol. The summed E-state index contributed by atoms with van der Waals surface area (Å²) in [4.78, 5) is 17.1. The molecular weight excluding hydrogens is 405 g/mol. The molecule has 2 heterocycles. The highest BCUT2D eigenvalue weighted by Gasteiger charge is 2.24. The molecular formula is C26H34FN3O2. The van der Waals surface area contributed by atoms with Crippen molar-refractivity contribution in [3.63, 3.8) is 0 Å². The van der Waals surface area contributed by atoms with Crippen molar-refractivity contribution >= 4 is 11.6 Å². The average molecular weight is 440 g/mol. The van der Waals surface area contributed by atoms with E-state index in [0.717, 1.165) is 75.1 Å². The molecule has 2 saturated heterocycles. The first-order chi connectivity index (χ1) is 15.6. The lowest BCUT2D eigenvalue weighted by Crippen LogP contribution is -2.43. The third-order valence-corrected chi connectivity index (χ3v) is 6.77. The molecule has 0 saturated carbocycles. The molecule has 2 fully saturated rings. The fraction of sp³-hybridized carbons (Fsp3) is 0.500. The maximum Gasteiger partial charge on any atom is 0.253 e. The van der Waals surface area contributed by atoms with Crippen LogP contribution in [0.1, 0.15) is 41.6 Å². The normalized spacial score (nSPS) is 19.9. The summed E-state index contributed by atoms with van der Waals surface area (Å²) < 4.78 is 13.3. The molecule has 1 atom stereocenters. The number of aliphatic hydroxyl groups is 1. The van der Waals surface area contributed by atoms with Crippen LogP contribution in [0.2, 0.25) is 0 Å². The molecule has 0 bridgehead atoms. The van der Waals surface area contributed by atoms with Crippen LogP contribution in [0.15, 0.2) is 48.5 Å². The Hall–Kier alpha value is -2.44. The van der Waals surface area contributed by atoms with E-state index < -0.39 is 0 Å². The lowest BCUT2D eigenvalue weighted by molar-refractivity contribution is 0.0620. The Labute approximate surface area is 190 Å². The number of carbonyl (C=O) groups is 1. The number of anilines is 1. The van der Waals surface area contributed by atoms with Gasteiger partial charge in [-0.25, -0.2) is 4.39 Å². The standard InChI is InChI=1S/C26H34FN3O2/c27-23-5-1-3-20(17-23)10-13-28-24-11-15-29(16-12-24)25-8-6-22(7-9-25)26(32)30-14-2-4-21(18-30)19-31/h1,3,5-9,17,21,24,28,31H,2,4,10-16,18-19H2/t21-/m1/s1. The third-order valence-electron chi connectivity index (χ3n) is 6.77. The van der Waals surface area contributed by atoms with Crippen molar-refractivity contribution in [3.05, 3.63) is 65.5 Å². The average Bonchev–Trinajstić information content (AvgIpc) is 2.84. The van der Waals surface area contributed by atoms with Crippen molar-refractivity contribution in [1.29, 1.82) is 0 Å². The summed E-state index contributed by atoms with van der Waals surface area (Å²) in [5.74, 6) is 0.0976. The summed E-state index contributed by atoms with van der Waals surface area (Å²) in [6, 6.07) is 15.3. The molecule has 5 nitrogen and oxygen atoms in total. The number of nitrogens with zero attached hydrogens (tertiary/aromatic N) is 2. The third kappa shape index (κ3) is 5.87. The molecule has 32 heavy (non-hydrogen) atoms. The molecule has 4 rings (SSSR count). The van der Waals surface area contributed by atoms with Gasteiger partial charge in [0.1, 0.15) is 5.82 Å². The van der Waals surface area contributed by atoms with Gasteiger partial charge in [-0.2, -0.15) is 0 Å². The van der Waals surface area contributed by atoms with Crippen LogP contribution in [0.3, 0.4) is 0 Å². The second kappa shape index (κ2) is 10.9. The van der Waals surface area contributed by atoms with Gasteiger partial charge in [0.15, 0.2) is 0 Å². The smallest absolute Gasteiger partial charge is 0.253 e. The molecule has 172 valence electrons. The van der Waals surface area contributed by atoms with Crippen LogP contribution >= 0.6 is 0 Å².